The lowest BCUT2D eigenvalue weighted by Gasteiger charge is -2.20. The van der Waals surface area contributed by atoms with E-state index < -0.39 is 5.82 Å². The summed E-state index contributed by atoms with van der Waals surface area (Å²) in [5.74, 6) is 0.374. The topological polar surface area (TPSA) is 36.4 Å². The zero-order chi connectivity index (χ0) is 15.8. The zero-order valence-corrected chi connectivity index (χ0v) is 13.2. The molecule has 0 bridgehead atoms. The highest BCUT2D eigenvalue weighted by atomic mass is 19.1. The molecule has 0 spiro atoms. The number of aliphatic imine (C=N–C) groups is 1. The van der Waals surface area contributed by atoms with Crippen LogP contribution in [0.1, 0.15) is 33.3 Å². The second-order valence-corrected chi connectivity index (χ2v) is 5.42. The Hall–Kier alpha value is -1.65. The fourth-order valence-corrected chi connectivity index (χ4v) is 1.73. The average molecular weight is 297 g/mol. The molecule has 0 aliphatic rings. The zero-order valence-electron chi connectivity index (χ0n) is 13.2. The van der Waals surface area contributed by atoms with Gasteiger partial charge in [0.15, 0.2) is 5.96 Å². The van der Waals surface area contributed by atoms with Gasteiger partial charge in [0.25, 0.3) is 0 Å². The van der Waals surface area contributed by atoms with E-state index in [1.54, 1.807) is 0 Å². The van der Waals surface area contributed by atoms with E-state index in [0.717, 1.165) is 18.7 Å². The Morgan fingerprint density at radius 1 is 1.24 bits per heavy atom. The Morgan fingerprint density at radius 2 is 1.95 bits per heavy atom. The lowest BCUT2D eigenvalue weighted by Crippen LogP contribution is -2.44. The predicted molar refractivity (Wildman–Crippen MR) is 83.5 cm³/mol. The van der Waals surface area contributed by atoms with Crippen molar-refractivity contribution in [1.82, 2.24) is 10.6 Å². The van der Waals surface area contributed by atoms with E-state index in [1.165, 1.54) is 6.07 Å². The van der Waals surface area contributed by atoms with E-state index in [4.69, 9.17) is 0 Å². The molecule has 1 unspecified atom stereocenters. The third-order valence-corrected chi connectivity index (χ3v) is 3.37. The minimum atomic E-state index is -0.422. The predicted octanol–water partition coefficient (Wildman–Crippen LogP) is 3.11. The van der Waals surface area contributed by atoms with Gasteiger partial charge in [0.05, 0.1) is 0 Å². The van der Waals surface area contributed by atoms with Gasteiger partial charge in [0.1, 0.15) is 11.6 Å². The quantitative estimate of drug-likeness (QED) is 0.625. The number of hydrogen-bond acceptors (Lipinski definition) is 1. The summed E-state index contributed by atoms with van der Waals surface area (Å²) in [7, 11) is 0. The second kappa shape index (κ2) is 8.60. The Morgan fingerprint density at radius 3 is 2.57 bits per heavy atom. The van der Waals surface area contributed by atoms with Crippen LogP contribution in [0.15, 0.2) is 23.2 Å². The molecule has 0 aliphatic carbocycles. The van der Waals surface area contributed by atoms with Crippen molar-refractivity contribution in [2.45, 2.75) is 40.2 Å². The van der Waals surface area contributed by atoms with E-state index in [2.05, 4.69) is 36.4 Å². The summed E-state index contributed by atoms with van der Waals surface area (Å²) in [6, 6.07) is 3.78. The summed E-state index contributed by atoms with van der Waals surface area (Å²) in [6.07, 6.45) is 0.371. The first-order valence-electron chi connectivity index (χ1n) is 7.42. The molecule has 2 N–H and O–H groups in total. The first-order chi connectivity index (χ1) is 9.93. The van der Waals surface area contributed by atoms with Crippen molar-refractivity contribution < 1.29 is 8.78 Å². The van der Waals surface area contributed by atoms with Gasteiger partial charge in [-0.15, -0.1) is 0 Å². The van der Waals surface area contributed by atoms with Gasteiger partial charge in [-0.3, -0.25) is 4.99 Å². The van der Waals surface area contributed by atoms with Gasteiger partial charge >= 0.3 is 0 Å². The number of halogens is 2. The molecule has 1 atom stereocenters. The van der Waals surface area contributed by atoms with E-state index in [0.29, 0.717) is 30.4 Å². The SMILES string of the molecule is CCNC(=NCCc1cc(F)ccc1F)NC(C)C(C)C. The van der Waals surface area contributed by atoms with E-state index in [1.807, 2.05) is 6.92 Å². The molecule has 0 saturated heterocycles. The first kappa shape index (κ1) is 17.4. The van der Waals surface area contributed by atoms with Crippen molar-refractivity contribution in [1.29, 1.82) is 0 Å². The maximum atomic E-state index is 13.5. The van der Waals surface area contributed by atoms with Gasteiger partial charge in [0, 0.05) is 19.1 Å². The van der Waals surface area contributed by atoms with Crippen molar-refractivity contribution >= 4 is 5.96 Å². The minimum absolute atomic E-state index is 0.286. The van der Waals surface area contributed by atoms with Gasteiger partial charge in [-0.2, -0.15) is 0 Å². The molecule has 21 heavy (non-hydrogen) atoms. The maximum absolute atomic E-state index is 13.5. The van der Waals surface area contributed by atoms with Crippen LogP contribution in [-0.4, -0.2) is 25.1 Å². The molecular formula is C16H25F2N3. The van der Waals surface area contributed by atoms with Crippen LogP contribution >= 0.6 is 0 Å². The Balaban J connectivity index is 2.63. The summed E-state index contributed by atoms with van der Waals surface area (Å²) in [6.45, 7) is 9.49. The molecule has 0 aromatic heterocycles. The highest BCUT2D eigenvalue weighted by Gasteiger charge is 2.09. The van der Waals surface area contributed by atoms with Crippen LogP contribution in [0.5, 0.6) is 0 Å². The highest BCUT2D eigenvalue weighted by Crippen LogP contribution is 2.10. The molecule has 0 radical (unpaired) electrons. The average Bonchev–Trinajstić information content (AvgIpc) is 2.42. The Kier molecular flexibility index (Phi) is 7.12. The third-order valence-electron chi connectivity index (χ3n) is 3.37. The monoisotopic (exact) mass is 297 g/mol. The molecule has 0 saturated carbocycles. The molecular weight excluding hydrogens is 272 g/mol. The van der Waals surface area contributed by atoms with Gasteiger partial charge in [-0.25, -0.2) is 8.78 Å². The lowest BCUT2D eigenvalue weighted by molar-refractivity contribution is 0.481. The molecule has 0 heterocycles. The molecule has 0 fully saturated rings. The fourth-order valence-electron chi connectivity index (χ4n) is 1.73. The van der Waals surface area contributed by atoms with Gasteiger partial charge in [-0.05, 0) is 49.9 Å². The van der Waals surface area contributed by atoms with Crippen molar-refractivity contribution in [3.8, 4) is 0 Å². The van der Waals surface area contributed by atoms with E-state index in [-0.39, 0.29) is 11.9 Å². The van der Waals surface area contributed by atoms with Crippen molar-refractivity contribution in [3.05, 3.63) is 35.4 Å². The molecule has 118 valence electrons. The summed E-state index contributed by atoms with van der Waals surface area (Å²) < 4.78 is 26.6. The standard InChI is InChI=1S/C16H25F2N3/c1-5-19-16(21-12(4)11(2)3)20-9-8-13-10-14(17)6-7-15(13)18/h6-7,10-12H,5,8-9H2,1-4H3,(H2,19,20,21). The number of nitrogens with one attached hydrogen (secondary N) is 2. The molecule has 0 amide bonds. The molecule has 0 aliphatic heterocycles. The molecule has 1 aromatic rings. The number of rotatable bonds is 6. The van der Waals surface area contributed by atoms with Crippen LogP contribution in [0.25, 0.3) is 0 Å². The van der Waals surface area contributed by atoms with Crippen LogP contribution in [0.4, 0.5) is 8.78 Å². The molecule has 1 aromatic carbocycles. The smallest absolute Gasteiger partial charge is 0.191 e. The minimum Gasteiger partial charge on any atom is -0.357 e. The normalized spacial score (nSPS) is 13.4. The largest absolute Gasteiger partial charge is 0.357 e. The molecule has 1 rings (SSSR count). The van der Waals surface area contributed by atoms with Crippen LogP contribution in [0.2, 0.25) is 0 Å². The van der Waals surface area contributed by atoms with Crippen molar-refractivity contribution in [2.75, 3.05) is 13.1 Å². The number of benzene rings is 1. The van der Waals surface area contributed by atoms with Gasteiger partial charge in [-0.1, -0.05) is 13.8 Å². The Labute approximate surface area is 125 Å². The summed E-state index contributed by atoms with van der Waals surface area (Å²) in [4.78, 5) is 4.41. The summed E-state index contributed by atoms with van der Waals surface area (Å²) in [5, 5.41) is 6.45. The van der Waals surface area contributed by atoms with Crippen LogP contribution in [-0.2, 0) is 6.42 Å². The maximum Gasteiger partial charge on any atom is 0.191 e. The van der Waals surface area contributed by atoms with Crippen LogP contribution in [0, 0.1) is 17.6 Å². The van der Waals surface area contributed by atoms with E-state index >= 15 is 0 Å². The summed E-state index contributed by atoms with van der Waals surface area (Å²) in [5.41, 5.74) is 0.353. The number of hydrogen-bond donors (Lipinski definition) is 2. The lowest BCUT2D eigenvalue weighted by atomic mass is 10.1. The number of guanidine groups is 1. The van der Waals surface area contributed by atoms with E-state index in [9.17, 15) is 8.78 Å². The second-order valence-electron chi connectivity index (χ2n) is 5.42. The first-order valence-corrected chi connectivity index (χ1v) is 7.42. The van der Waals surface area contributed by atoms with Crippen molar-refractivity contribution in [2.24, 2.45) is 10.9 Å². The molecule has 5 heteroatoms. The van der Waals surface area contributed by atoms with Gasteiger partial charge in [0.2, 0.25) is 0 Å². The summed E-state index contributed by atoms with van der Waals surface area (Å²) >= 11 is 0. The fraction of sp³-hybridized carbons (Fsp3) is 0.562. The Bertz CT molecular complexity index is 473. The number of nitrogens with zero attached hydrogens (tertiary/aromatic N) is 1. The molecule has 3 nitrogen and oxygen atoms in total. The van der Waals surface area contributed by atoms with Crippen molar-refractivity contribution in [3.63, 3.8) is 0 Å². The van der Waals surface area contributed by atoms with Crippen LogP contribution < -0.4 is 10.6 Å². The highest BCUT2D eigenvalue weighted by molar-refractivity contribution is 5.80. The van der Waals surface area contributed by atoms with Crippen LogP contribution in [0.3, 0.4) is 0 Å². The van der Waals surface area contributed by atoms with Gasteiger partial charge < -0.3 is 10.6 Å². The third kappa shape index (κ3) is 6.10.